The van der Waals surface area contributed by atoms with Gasteiger partial charge in [0.1, 0.15) is 11.5 Å². The van der Waals surface area contributed by atoms with Gasteiger partial charge in [0.25, 0.3) is 11.8 Å². The van der Waals surface area contributed by atoms with Crippen LogP contribution in [-0.2, 0) is 6.54 Å². The van der Waals surface area contributed by atoms with Crippen LogP contribution in [-0.4, -0.2) is 16.8 Å². The molecule has 0 aliphatic rings. The van der Waals surface area contributed by atoms with Crippen molar-refractivity contribution in [3.63, 3.8) is 0 Å². The minimum Gasteiger partial charge on any atom is -0.467 e. The number of rotatable bonds is 5. The molecule has 3 aromatic rings. The lowest BCUT2D eigenvalue weighted by molar-refractivity contribution is 0.0942. The molecular weight excluding hydrogens is 352 g/mol. The van der Waals surface area contributed by atoms with Gasteiger partial charge in [-0.3, -0.25) is 14.9 Å². The largest absolute Gasteiger partial charge is 0.467 e. The molecular formula is C16H11F2N3O3S. The zero-order chi connectivity index (χ0) is 17.8. The number of thiazole rings is 1. The molecule has 0 atom stereocenters. The summed E-state index contributed by atoms with van der Waals surface area (Å²) in [5.74, 6) is -2.65. The van der Waals surface area contributed by atoms with Gasteiger partial charge in [0.2, 0.25) is 0 Å². The molecule has 3 rings (SSSR count). The van der Waals surface area contributed by atoms with Crippen LogP contribution in [0.2, 0.25) is 0 Å². The number of halogens is 2. The highest BCUT2D eigenvalue weighted by molar-refractivity contribution is 7.14. The average molecular weight is 363 g/mol. The lowest BCUT2D eigenvalue weighted by atomic mass is 10.2. The fraction of sp³-hybridized carbons (Fsp3) is 0.0625. The van der Waals surface area contributed by atoms with Crippen LogP contribution in [0.1, 0.15) is 26.6 Å². The van der Waals surface area contributed by atoms with Crippen LogP contribution in [0.4, 0.5) is 13.9 Å². The molecule has 1 aromatic carbocycles. The number of carbonyl (C=O) groups is 2. The fourth-order valence-corrected chi connectivity index (χ4v) is 2.60. The molecule has 2 heterocycles. The minimum absolute atomic E-state index is 0.0575. The fourth-order valence-electron chi connectivity index (χ4n) is 1.91. The first-order chi connectivity index (χ1) is 12.0. The van der Waals surface area contributed by atoms with Crippen LogP contribution in [0, 0.1) is 11.6 Å². The summed E-state index contributed by atoms with van der Waals surface area (Å²) in [4.78, 5) is 28.0. The van der Waals surface area contributed by atoms with Crippen LogP contribution >= 0.6 is 11.3 Å². The van der Waals surface area contributed by atoms with Crippen molar-refractivity contribution in [3.05, 3.63) is 70.6 Å². The van der Waals surface area contributed by atoms with Crippen LogP contribution in [0.5, 0.6) is 0 Å². The van der Waals surface area contributed by atoms with E-state index < -0.39 is 23.4 Å². The van der Waals surface area contributed by atoms with Crippen molar-refractivity contribution in [2.75, 3.05) is 5.32 Å². The number of hydrogen-bond donors (Lipinski definition) is 2. The summed E-state index contributed by atoms with van der Waals surface area (Å²) >= 11 is 1.04. The molecule has 6 nitrogen and oxygen atoms in total. The maximum Gasteiger partial charge on any atom is 0.271 e. The highest BCUT2D eigenvalue weighted by Crippen LogP contribution is 2.17. The number of carbonyl (C=O) groups excluding carboxylic acids is 2. The normalized spacial score (nSPS) is 10.5. The lowest BCUT2D eigenvalue weighted by Crippen LogP contribution is -2.23. The SMILES string of the molecule is O=C(Nc1nc(C(=O)NCc2ccco2)cs1)c1ccc(F)c(F)c1. The monoisotopic (exact) mass is 363 g/mol. The predicted molar refractivity (Wildman–Crippen MR) is 86.3 cm³/mol. The Bertz CT molecular complexity index is 909. The van der Waals surface area contributed by atoms with Gasteiger partial charge in [0, 0.05) is 10.9 Å². The van der Waals surface area contributed by atoms with Gasteiger partial charge < -0.3 is 9.73 Å². The molecule has 2 amide bonds. The Hall–Kier alpha value is -3.07. The number of aromatic nitrogens is 1. The number of nitrogens with zero attached hydrogens (tertiary/aromatic N) is 1. The molecule has 2 N–H and O–H groups in total. The summed E-state index contributed by atoms with van der Waals surface area (Å²) < 4.78 is 31.1. The molecule has 9 heteroatoms. The third-order valence-electron chi connectivity index (χ3n) is 3.14. The molecule has 0 aliphatic carbocycles. The molecule has 0 fully saturated rings. The Labute approximate surface area is 144 Å². The summed E-state index contributed by atoms with van der Waals surface area (Å²) in [5, 5.41) is 6.69. The molecule has 0 saturated carbocycles. The van der Waals surface area contributed by atoms with E-state index in [1.807, 2.05) is 0 Å². The van der Waals surface area contributed by atoms with Gasteiger partial charge in [-0.25, -0.2) is 13.8 Å². The van der Waals surface area contributed by atoms with Crippen molar-refractivity contribution in [2.24, 2.45) is 0 Å². The maximum absolute atomic E-state index is 13.2. The second kappa shape index (κ2) is 7.22. The Morgan fingerprint density at radius 2 is 2.00 bits per heavy atom. The first kappa shape index (κ1) is 16.8. The van der Waals surface area contributed by atoms with E-state index in [0.29, 0.717) is 5.76 Å². The van der Waals surface area contributed by atoms with Crippen molar-refractivity contribution < 1.29 is 22.8 Å². The molecule has 0 spiro atoms. The molecule has 0 unspecified atom stereocenters. The average Bonchev–Trinajstić information content (AvgIpc) is 3.27. The summed E-state index contributed by atoms with van der Waals surface area (Å²) in [6.45, 7) is 0.208. The zero-order valence-corrected chi connectivity index (χ0v) is 13.4. The van der Waals surface area contributed by atoms with Crippen LogP contribution in [0.3, 0.4) is 0 Å². The molecule has 0 aliphatic heterocycles. The Kier molecular flexibility index (Phi) is 4.85. The number of nitrogens with one attached hydrogen (secondary N) is 2. The van der Waals surface area contributed by atoms with Gasteiger partial charge in [-0.2, -0.15) is 0 Å². The summed E-state index contributed by atoms with van der Waals surface area (Å²) in [6, 6.07) is 6.22. The van der Waals surface area contributed by atoms with E-state index >= 15 is 0 Å². The van der Waals surface area contributed by atoms with E-state index in [0.717, 1.165) is 29.5 Å². The summed E-state index contributed by atoms with van der Waals surface area (Å²) in [6.07, 6.45) is 1.50. The summed E-state index contributed by atoms with van der Waals surface area (Å²) in [7, 11) is 0. The maximum atomic E-state index is 13.2. The molecule has 25 heavy (non-hydrogen) atoms. The smallest absolute Gasteiger partial charge is 0.271 e. The highest BCUT2D eigenvalue weighted by Gasteiger charge is 2.14. The Morgan fingerprint density at radius 3 is 2.72 bits per heavy atom. The Morgan fingerprint density at radius 1 is 1.16 bits per heavy atom. The lowest BCUT2D eigenvalue weighted by Gasteiger charge is -2.02. The van der Waals surface area contributed by atoms with Crippen molar-refractivity contribution >= 4 is 28.3 Å². The van der Waals surface area contributed by atoms with Gasteiger partial charge in [-0.15, -0.1) is 11.3 Å². The van der Waals surface area contributed by atoms with Crippen LogP contribution in [0.15, 0.2) is 46.4 Å². The Balaban J connectivity index is 1.61. The van der Waals surface area contributed by atoms with Gasteiger partial charge in [-0.1, -0.05) is 0 Å². The molecule has 2 aromatic heterocycles. The predicted octanol–water partition coefficient (Wildman–Crippen LogP) is 3.20. The van der Waals surface area contributed by atoms with Gasteiger partial charge in [-0.05, 0) is 30.3 Å². The van der Waals surface area contributed by atoms with Crippen molar-refractivity contribution in [2.45, 2.75) is 6.54 Å². The highest BCUT2D eigenvalue weighted by atomic mass is 32.1. The second-order valence-electron chi connectivity index (χ2n) is 4.88. The minimum atomic E-state index is -1.12. The number of benzene rings is 1. The first-order valence-electron chi connectivity index (χ1n) is 7.05. The van der Waals surface area contributed by atoms with Crippen LogP contribution < -0.4 is 10.6 Å². The number of hydrogen-bond acceptors (Lipinski definition) is 5. The van der Waals surface area contributed by atoms with E-state index in [1.54, 1.807) is 12.1 Å². The third kappa shape index (κ3) is 4.07. The molecule has 0 bridgehead atoms. The van der Waals surface area contributed by atoms with E-state index in [4.69, 9.17) is 4.42 Å². The van der Waals surface area contributed by atoms with Crippen molar-refractivity contribution in [1.29, 1.82) is 0 Å². The van der Waals surface area contributed by atoms with E-state index in [9.17, 15) is 18.4 Å². The first-order valence-corrected chi connectivity index (χ1v) is 7.93. The van der Waals surface area contributed by atoms with Gasteiger partial charge in [0.05, 0.1) is 12.8 Å². The quantitative estimate of drug-likeness (QED) is 0.729. The summed E-state index contributed by atoms with van der Waals surface area (Å²) in [5.41, 5.74) is 0.0649. The standard InChI is InChI=1S/C16H11F2N3O3S/c17-11-4-3-9(6-12(11)18)14(22)21-16-20-13(8-25-16)15(23)19-7-10-2-1-5-24-10/h1-6,8H,7H2,(H,19,23)(H,20,21,22). The van der Waals surface area contributed by atoms with E-state index in [1.165, 1.54) is 11.6 Å². The third-order valence-corrected chi connectivity index (χ3v) is 3.90. The molecule has 128 valence electrons. The van der Waals surface area contributed by atoms with Crippen LogP contribution in [0.25, 0.3) is 0 Å². The van der Waals surface area contributed by atoms with Gasteiger partial charge >= 0.3 is 0 Å². The van der Waals surface area contributed by atoms with E-state index in [-0.39, 0.29) is 22.9 Å². The second-order valence-corrected chi connectivity index (χ2v) is 5.74. The van der Waals surface area contributed by atoms with Crippen molar-refractivity contribution in [1.82, 2.24) is 10.3 Å². The number of anilines is 1. The zero-order valence-electron chi connectivity index (χ0n) is 12.6. The number of furan rings is 1. The number of amides is 2. The van der Waals surface area contributed by atoms with Crippen molar-refractivity contribution in [3.8, 4) is 0 Å². The molecule has 0 saturated heterocycles. The molecule has 0 radical (unpaired) electrons. The van der Waals surface area contributed by atoms with E-state index in [2.05, 4.69) is 15.6 Å². The topological polar surface area (TPSA) is 84.2 Å². The van der Waals surface area contributed by atoms with Gasteiger partial charge in [0.15, 0.2) is 16.8 Å².